The maximum Gasteiger partial charge on any atom is 0.433 e. The van der Waals surface area contributed by atoms with Gasteiger partial charge < -0.3 is 15.5 Å². The van der Waals surface area contributed by atoms with Crippen molar-refractivity contribution in [2.24, 2.45) is 11.8 Å². The molecule has 0 spiro atoms. The Labute approximate surface area is 175 Å². The summed E-state index contributed by atoms with van der Waals surface area (Å²) in [6.45, 7) is 5.59. The van der Waals surface area contributed by atoms with Gasteiger partial charge in [-0.05, 0) is 43.3 Å². The Morgan fingerprint density at radius 3 is 2.28 bits per heavy atom. The van der Waals surface area contributed by atoms with Gasteiger partial charge in [0.1, 0.15) is 5.82 Å². The monoisotopic (exact) mass is 429 g/mol. The van der Waals surface area contributed by atoms with Gasteiger partial charge in [-0.25, -0.2) is 4.98 Å². The van der Waals surface area contributed by atoms with E-state index >= 15 is 0 Å². The average Bonchev–Trinajstić information content (AvgIpc) is 2.88. The summed E-state index contributed by atoms with van der Waals surface area (Å²) in [5.74, 6) is 0.993. The quantitative estimate of drug-likeness (QED) is 0.522. The summed E-state index contributed by atoms with van der Waals surface area (Å²) in [7, 11) is 0. The number of hydrogen-bond acceptors (Lipinski definition) is 4. The molecule has 1 aliphatic heterocycles. The first-order valence-corrected chi connectivity index (χ1v) is 10.9. The van der Waals surface area contributed by atoms with Gasteiger partial charge in [-0.2, -0.15) is 18.2 Å². The topological polar surface area (TPSA) is 53.1 Å². The SMILES string of the molecule is CC1CC(C)CN(c2cc(C(F)(F)F)nc(NC(=S)NC3CCCCCC3)n2)C1. The molecular formula is C20H30F3N5S. The van der Waals surface area contributed by atoms with Crippen LogP contribution in [-0.4, -0.2) is 34.2 Å². The Bertz CT molecular complexity index is 694. The van der Waals surface area contributed by atoms with E-state index in [1.807, 2.05) is 4.90 Å². The van der Waals surface area contributed by atoms with Crippen LogP contribution in [0.15, 0.2) is 6.07 Å². The third kappa shape index (κ3) is 6.42. The molecule has 162 valence electrons. The van der Waals surface area contributed by atoms with Crippen LogP contribution in [-0.2, 0) is 6.18 Å². The largest absolute Gasteiger partial charge is 0.433 e. The van der Waals surface area contributed by atoms with Gasteiger partial charge >= 0.3 is 6.18 Å². The van der Waals surface area contributed by atoms with Gasteiger partial charge in [0.2, 0.25) is 5.95 Å². The first-order valence-electron chi connectivity index (χ1n) is 10.5. The molecule has 0 aromatic carbocycles. The van der Waals surface area contributed by atoms with Gasteiger partial charge in [-0.3, -0.25) is 0 Å². The minimum Gasteiger partial charge on any atom is -0.360 e. The molecule has 1 aromatic rings. The summed E-state index contributed by atoms with van der Waals surface area (Å²) >= 11 is 5.34. The van der Waals surface area contributed by atoms with Gasteiger partial charge in [0.05, 0.1) is 0 Å². The molecule has 3 rings (SSSR count). The lowest BCUT2D eigenvalue weighted by molar-refractivity contribution is -0.141. The molecule has 0 bridgehead atoms. The highest BCUT2D eigenvalue weighted by Gasteiger charge is 2.35. The van der Waals surface area contributed by atoms with E-state index in [4.69, 9.17) is 12.2 Å². The molecule has 2 aliphatic rings. The second-order valence-corrected chi connectivity index (χ2v) is 8.98. The predicted octanol–water partition coefficient (Wildman–Crippen LogP) is 4.99. The van der Waals surface area contributed by atoms with Gasteiger partial charge in [0.15, 0.2) is 10.8 Å². The van der Waals surface area contributed by atoms with Crippen LogP contribution in [0.2, 0.25) is 0 Å². The lowest BCUT2D eigenvalue weighted by Gasteiger charge is -2.36. The van der Waals surface area contributed by atoms with Crippen molar-refractivity contribution in [2.45, 2.75) is 71.0 Å². The van der Waals surface area contributed by atoms with Crippen LogP contribution in [0.3, 0.4) is 0 Å². The number of rotatable bonds is 3. The molecular weight excluding hydrogens is 399 g/mol. The van der Waals surface area contributed by atoms with Crippen molar-refractivity contribution < 1.29 is 13.2 Å². The molecule has 2 fully saturated rings. The highest BCUT2D eigenvalue weighted by Crippen LogP contribution is 2.32. The van der Waals surface area contributed by atoms with Crippen molar-refractivity contribution in [2.75, 3.05) is 23.3 Å². The zero-order chi connectivity index (χ0) is 21.0. The number of aromatic nitrogens is 2. The molecule has 1 saturated carbocycles. The molecule has 0 amide bonds. The molecule has 9 heteroatoms. The number of anilines is 2. The minimum atomic E-state index is -4.54. The lowest BCUT2D eigenvalue weighted by atomic mass is 9.92. The number of alkyl halides is 3. The fraction of sp³-hybridized carbons (Fsp3) is 0.750. The summed E-state index contributed by atoms with van der Waals surface area (Å²) in [4.78, 5) is 9.97. The van der Waals surface area contributed by atoms with Crippen LogP contribution in [0.4, 0.5) is 24.9 Å². The van der Waals surface area contributed by atoms with Crippen molar-refractivity contribution in [1.82, 2.24) is 15.3 Å². The molecule has 29 heavy (non-hydrogen) atoms. The highest BCUT2D eigenvalue weighted by molar-refractivity contribution is 7.80. The van der Waals surface area contributed by atoms with Crippen LogP contribution >= 0.6 is 12.2 Å². The molecule has 2 heterocycles. The highest BCUT2D eigenvalue weighted by atomic mass is 32.1. The summed E-state index contributed by atoms with van der Waals surface area (Å²) < 4.78 is 40.3. The number of piperidine rings is 1. The number of nitrogens with one attached hydrogen (secondary N) is 2. The maximum absolute atomic E-state index is 13.4. The van der Waals surface area contributed by atoms with Crippen LogP contribution in [0.5, 0.6) is 0 Å². The molecule has 2 atom stereocenters. The second kappa shape index (κ2) is 9.45. The molecule has 1 saturated heterocycles. The van der Waals surface area contributed by atoms with Crippen molar-refractivity contribution in [1.29, 1.82) is 0 Å². The molecule has 2 unspecified atom stereocenters. The molecule has 1 aromatic heterocycles. The molecule has 0 radical (unpaired) electrons. The number of halogens is 3. The fourth-order valence-electron chi connectivity index (χ4n) is 4.39. The smallest absolute Gasteiger partial charge is 0.360 e. The first-order chi connectivity index (χ1) is 13.7. The predicted molar refractivity (Wildman–Crippen MR) is 113 cm³/mol. The van der Waals surface area contributed by atoms with Gasteiger partial charge in [0, 0.05) is 25.2 Å². The maximum atomic E-state index is 13.4. The van der Waals surface area contributed by atoms with Gasteiger partial charge in [0.25, 0.3) is 0 Å². The van der Waals surface area contributed by atoms with Crippen LogP contribution in [0, 0.1) is 11.8 Å². The number of nitrogens with zero attached hydrogens (tertiary/aromatic N) is 3. The van der Waals surface area contributed by atoms with Crippen molar-refractivity contribution in [3.05, 3.63) is 11.8 Å². The zero-order valence-electron chi connectivity index (χ0n) is 17.1. The zero-order valence-corrected chi connectivity index (χ0v) is 17.9. The van der Waals surface area contributed by atoms with Gasteiger partial charge in [-0.1, -0.05) is 39.5 Å². The molecule has 5 nitrogen and oxygen atoms in total. The van der Waals surface area contributed by atoms with Crippen molar-refractivity contribution >= 4 is 29.1 Å². The van der Waals surface area contributed by atoms with Crippen LogP contribution < -0.4 is 15.5 Å². The summed E-state index contributed by atoms with van der Waals surface area (Å²) in [5, 5.41) is 6.30. The third-order valence-corrected chi connectivity index (χ3v) is 5.83. The second-order valence-electron chi connectivity index (χ2n) is 8.57. The standard InChI is InChI=1S/C20H30F3N5S/c1-13-9-14(2)12-28(11-13)17-10-16(20(21,22)23)25-18(26-17)27-19(29)24-15-7-5-3-4-6-8-15/h10,13-15H,3-9,11-12H2,1-2H3,(H2,24,25,26,27,29). The van der Waals surface area contributed by atoms with E-state index in [9.17, 15) is 13.2 Å². The van der Waals surface area contributed by atoms with E-state index in [0.717, 1.165) is 38.2 Å². The Hall–Kier alpha value is -1.64. The molecule has 2 N–H and O–H groups in total. The van der Waals surface area contributed by atoms with Crippen LogP contribution in [0.1, 0.15) is 64.5 Å². The fourth-order valence-corrected chi connectivity index (χ4v) is 4.65. The minimum absolute atomic E-state index is 0.105. The van der Waals surface area contributed by atoms with E-state index in [1.54, 1.807) is 0 Å². The average molecular weight is 430 g/mol. The normalized spacial score (nSPS) is 24.1. The summed E-state index contributed by atoms with van der Waals surface area (Å²) in [6, 6.07) is 1.28. The summed E-state index contributed by atoms with van der Waals surface area (Å²) in [5.41, 5.74) is -0.951. The number of hydrogen-bond donors (Lipinski definition) is 2. The Balaban J connectivity index is 1.77. The van der Waals surface area contributed by atoms with E-state index in [-0.39, 0.29) is 17.1 Å². The Morgan fingerprint density at radius 1 is 1.07 bits per heavy atom. The Kier molecular flexibility index (Phi) is 7.19. The Morgan fingerprint density at radius 2 is 1.69 bits per heavy atom. The van der Waals surface area contributed by atoms with E-state index in [2.05, 4.69) is 34.4 Å². The third-order valence-electron chi connectivity index (χ3n) is 5.61. The lowest BCUT2D eigenvalue weighted by Crippen LogP contribution is -2.40. The van der Waals surface area contributed by atoms with E-state index in [1.165, 1.54) is 12.8 Å². The summed E-state index contributed by atoms with van der Waals surface area (Å²) in [6.07, 6.45) is 3.24. The van der Waals surface area contributed by atoms with E-state index in [0.29, 0.717) is 30.7 Å². The van der Waals surface area contributed by atoms with Gasteiger partial charge in [-0.15, -0.1) is 0 Å². The number of thiocarbonyl (C=S) groups is 1. The molecule has 1 aliphatic carbocycles. The van der Waals surface area contributed by atoms with Crippen molar-refractivity contribution in [3.63, 3.8) is 0 Å². The van der Waals surface area contributed by atoms with E-state index < -0.39 is 11.9 Å². The van der Waals surface area contributed by atoms with Crippen molar-refractivity contribution in [3.8, 4) is 0 Å². The first kappa shape index (κ1) is 22.1. The van der Waals surface area contributed by atoms with Crippen LogP contribution in [0.25, 0.3) is 0 Å².